The van der Waals surface area contributed by atoms with Crippen molar-refractivity contribution in [2.45, 2.75) is 12.8 Å². The van der Waals surface area contributed by atoms with Gasteiger partial charge in [0, 0.05) is 33.2 Å². The highest BCUT2D eigenvalue weighted by atomic mass is 79.9. The topological polar surface area (TPSA) is 96.2 Å². The second-order valence-electron chi connectivity index (χ2n) is 8.36. The molecule has 188 valence electrons. The van der Waals surface area contributed by atoms with Gasteiger partial charge in [0.2, 0.25) is 5.91 Å². The minimum atomic E-state index is -0.393. The standard InChI is InChI=1S/C27H23BrN4O3S2/c1-15-22(26(34)31-18-6-3-4-8-20(18)35-2)23-19-7-5-13-32(19)25(29)24(23)27(37-15)36-14-21(33)30-17-11-9-16(28)10-12-17/h3-13,23,29H,14H2,1-2H3,(H,30,33)(H,31,34). The number of ether oxygens (including phenoxy) is 1. The van der Waals surface area contributed by atoms with Crippen LogP contribution in [0.2, 0.25) is 0 Å². The van der Waals surface area contributed by atoms with Crippen LogP contribution in [0.5, 0.6) is 5.75 Å². The molecule has 3 N–H and O–H groups in total. The molecule has 0 bridgehead atoms. The van der Waals surface area contributed by atoms with Gasteiger partial charge in [0.15, 0.2) is 0 Å². The first kappa shape index (κ1) is 25.4. The van der Waals surface area contributed by atoms with Crippen LogP contribution in [0.25, 0.3) is 0 Å². The Morgan fingerprint density at radius 2 is 1.86 bits per heavy atom. The first-order valence-corrected chi connectivity index (χ1v) is 14.0. The molecule has 1 unspecified atom stereocenters. The average molecular weight is 596 g/mol. The van der Waals surface area contributed by atoms with Crippen molar-refractivity contribution in [3.8, 4) is 5.75 Å². The number of rotatable bonds is 7. The van der Waals surface area contributed by atoms with Gasteiger partial charge >= 0.3 is 0 Å². The molecule has 0 saturated carbocycles. The highest BCUT2D eigenvalue weighted by Crippen LogP contribution is 2.53. The third-order valence-corrected chi connectivity index (χ3v) is 9.01. The first-order chi connectivity index (χ1) is 17.9. The number of carbonyl (C=O) groups is 2. The van der Waals surface area contributed by atoms with Crippen LogP contribution < -0.4 is 15.4 Å². The number of hydrogen-bond donors (Lipinski definition) is 3. The van der Waals surface area contributed by atoms with Crippen molar-refractivity contribution in [2.75, 3.05) is 23.5 Å². The van der Waals surface area contributed by atoms with Gasteiger partial charge in [0.1, 0.15) is 11.6 Å². The van der Waals surface area contributed by atoms with Crippen LogP contribution in [0.4, 0.5) is 11.4 Å². The van der Waals surface area contributed by atoms with E-state index in [4.69, 9.17) is 10.1 Å². The number of anilines is 2. The SMILES string of the molecule is COc1ccccc1NC(=O)C1=C(C)SC(SCC(=O)Nc2ccc(Br)cc2)=C2C(=N)n3cccc3C12. The molecule has 0 aliphatic carbocycles. The smallest absolute Gasteiger partial charge is 0.253 e. The highest BCUT2D eigenvalue weighted by Gasteiger charge is 2.43. The molecule has 2 amide bonds. The summed E-state index contributed by atoms with van der Waals surface area (Å²) in [5.74, 6) is 0.314. The van der Waals surface area contributed by atoms with Crippen molar-refractivity contribution in [3.05, 3.63) is 97.3 Å². The minimum Gasteiger partial charge on any atom is -0.495 e. The maximum absolute atomic E-state index is 13.6. The number of carbonyl (C=O) groups excluding carboxylic acids is 2. The number of allylic oxidation sites excluding steroid dienone is 2. The van der Waals surface area contributed by atoms with Crippen LogP contribution in [0.15, 0.2) is 91.6 Å². The maximum Gasteiger partial charge on any atom is 0.253 e. The second-order valence-corrected chi connectivity index (χ2v) is 11.7. The zero-order valence-electron chi connectivity index (χ0n) is 20.0. The summed E-state index contributed by atoms with van der Waals surface area (Å²) in [7, 11) is 1.56. The molecule has 3 heterocycles. The fourth-order valence-electron chi connectivity index (χ4n) is 4.40. The van der Waals surface area contributed by atoms with Gasteiger partial charge < -0.3 is 19.9 Å². The number of hydrogen-bond acceptors (Lipinski definition) is 6. The molecule has 2 aliphatic rings. The largest absolute Gasteiger partial charge is 0.495 e. The number of thioether (sulfide) groups is 2. The van der Waals surface area contributed by atoms with Gasteiger partial charge in [-0.05, 0) is 60.4 Å². The van der Waals surface area contributed by atoms with E-state index in [0.717, 1.165) is 30.6 Å². The zero-order valence-corrected chi connectivity index (χ0v) is 23.2. The summed E-state index contributed by atoms with van der Waals surface area (Å²) in [6.07, 6.45) is 1.83. The van der Waals surface area contributed by atoms with E-state index in [1.807, 2.05) is 61.7 Å². The van der Waals surface area contributed by atoms with E-state index in [1.54, 1.807) is 23.8 Å². The molecule has 1 atom stereocenters. The van der Waals surface area contributed by atoms with Gasteiger partial charge in [-0.3, -0.25) is 15.0 Å². The van der Waals surface area contributed by atoms with E-state index < -0.39 is 5.92 Å². The van der Waals surface area contributed by atoms with Gasteiger partial charge in [-0.1, -0.05) is 39.8 Å². The Kier molecular flexibility index (Phi) is 7.32. The number of nitrogens with zero attached hydrogens (tertiary/aromatic N) is 1. The zero-order chi connectivity index (χ0) is 26.1. The Hall–Kier alpha value is -3.21. The Bertz CT molecular complexity index is 1480. The van der Waals surface area contributed by atoms with Gasteiger partial charge in [-0.2, -0.15) is 0 Å². The fraction of sp³-hybridized carbons (Fsp3) is 0.148. The molecule has 7 nitrogen and oxygen atoms in total. The summed E-state index contributed by atoms with van der Waals surface area (Å²) in [4.78, 5) is 27.1. The van der Waals surface area contributed by atoms with Crippen LogP contribution in [0.1, 0.15) is 18.5 Å². The summed E-state index contributed by atoms with van der Waals surface area (Å²) >= 11 is 6.22. The average Bonchev–Trinajstić information content (AvgIpc) is 3.47. The molecule has 0 spiro atoms. The van der Waals surface area contributed by atoms with E-state index in [0.29, 0.717) is 22.8 Å². The number of halogens is 1. The summed E-state index contributed by atoms with van der Waals surface area (Å²) in [6, 6.07) is 18.5. The predicted molar refractivity (Wildman–Crippen MR) is 154 cm³/mol. The Morgan fingerprint density at radius 3 is 2.62 bits per heavy atom. The summed E-state index contributed by atoms with van der Waals surface area (Å²) < 4.78 is 9.00. The van der Waals surface area contributed by atoms with Crippen molar-refractivity contribution in [1.82, 2.24) is 4.57 Å². The normalized spacial score (nSPS) is 16.4. The van der Waals surface area contributed by atoms with Crippen molar-refractivity contribution in [1.29, 1.82) is 5.41 Å². The van der Waals surface area contributed by atoms with Crippen molar-refractivity contribution >= 4 is 68.5 Å². The molecule has 2 aromatic carbocycles. The van der Waals surface area contributed by atoms with Crippen molar-refractivity contribution in [3.63, 3.8) is 0 Å². The number of benzene rings is 2. The molecule has 0 saturated heterocycles. The van der Waals surface area contributed by atoms with Crippen molar-refractivity contribution in [2.24, 2.45) is 0 Å². The van der Waals surface area contributed by atoms with E-state index in [1.165, 1.54) is 23.5 Å². The number of nitrogens with one attached hydrogen (secondary N) is 3. The van der Waals surface area contributed by atoms with E-state index in [9.17, 15) is 9.59 Å². The van der Waals surface area contributed by atoms with Crippen LogP contribution in [-0.4, -0.2) is 35.1 Å². The quantitative estimate of drug-likeness (QED) is 0.293. The number of aromatic nitrogens is 1. The Balaban J connectivity index is 1.41. The van der Waals surface area contributed by atoms with Crippen molar-refractivity contribution < 1.29 is 14.3 Å². The van der Waals surface area contributed by atoms with E-state index in [2.05, 4.69) is 26.6 Å². The monoisotopic (exact) mass is 594 g/mol. The minimum absolute atomic E-state index is 0.136. The fourth-order valence-corrected chi connectivity index (χ4v) is 7.08. The van der Waals surface area contributed by atoms with E-state index >= 15 is 0 Å². The lowest BCUT2D eigenvalue weighted by Gasteiger charge is -2.26. The maximum atomic E-state index is 13.6. The molecule has 1 aromatic heterocycles. The Morgan fingerprint density at radius 1 is 1.11 bits per heavy atom. The van der Waals surface area contributed by atoms with Gasteiger partial charge in [0.25, 0.3) is 5.91 Å². The molecular weight excluding hydrogens is 572 g/mol. The van der Waals surface area contributed by atoms with Crippen LogP contribution in [-0.2, 0) is 9.59 Å². The Labute approximate surface area is 231 Å². The number of amides is 2. The third kappa shape index (κ3) is 5.01. The molecular formula is C27H23BrN4O3S2. The first-order valence-electron chi connectivity index (χ1n) is 11.4. The number of fused-ring (bicyclic) bond motifs is 3. The number of methoxy groups -OCH3 is 1. The predicted octanol–water partition coefficient (Wildman–Crippen LogP) is 6.42. The summed E-state index contributed by atoms with van der Waals surface area (Å²) in [5, 5.41) is 14.8. The van der Waals surface area contributed by atoms with Gasteiger partial charge in [0.05, 0.1) is 28.7 Å². The molecule has 37 heavy (non-hydrogen) atoms. The van der Waals surface area contributed by atoms with Crippen LogP contribution >= 0.6 is 39.5 Å². The molecule has 0 radical (unpaired) electrons. The lowest BCUT2D eigenvalue weighted by atomic mass is 9.89. The van der Waals surface area contributed by atoms with Gasteiger partial charge in [-0.15, -0.1) is 11.8 Å². The lowest BCUT2D eigenvalue weighted by molar-refractivity contribution is -0.114. The van der Waals surface area contributed by atoms with Crippen LogP contribution in [0.3, 0.4) is 0 Å². The molecule has 10 heteroatoms. The summed E-state index contributed by atoms with van der Waals surface area (Å²) in [5.41, 5.74) is 3.51. The third-order valence-electron chi connectivity index (χ3n) is 6.06. The number of para-hydroxylation sites is 2. The van der Waals surface area contributed by atoms with E-state index in [-0.39, 0.29) is 17.6 Å². The molecule has 5 rings (SSSR count). The molecule has 2 aliphatic heterocycles. The summed E-state index contributed by atoms with van der Waals surface area (Å²) in [6.45, 7) is 1.91. The lowest BCUT2D eigenvalue weighted by Crippen LogP contribution is -2.23. The molecule has 0 fully saturated rings. The van der Waals surface area contributed by atoms with Crippen LogP contribution in [0, 0.1) is 5.41 Å². The van der Waals surface area contributed by atoms with Gasteiger partial charge in [-0.25, -0.2) is 0 Å². The molecule has 3 aromatic rings. The highest BCUT2D eigenvalue weighted by molar-refractivity contribution is 9.10. The second kappa shape index (κ2) is 10.6.